The van der Waals surface area contributed by atoms with Crippen LogP contribution in [0.15, 0.2) is 0 Å². The molecule has 0 radical (unpaired) electrons. The van der Waals surface area contributed by atoms with Crippen LogP contribution < -0.4 is 10.6 Å². The van der Waals surface area contributed by atoms with Gasteiger partial charge >= 0.3 is 0 Å². The highest BCUT2D eigenvalue weighted by Crippen LogP contribution is 2.20. The van der Waals surface area contributed by atoms with Gasteiger partial charge in [-0.3, -0.25) is 4.79 Å². The molecule has 0 saturated heterocycles. The number of carbonyl (C=O) groups is 1. The van der Waals surface area contributed by atoms with E-state index in [4.69, 9.17) is 4.74 Å². The predicted molar refractivity (Wildman–Crippen MR) is 78.2 cm³/mol. The van der Waals surface area contributed by atoms with Crippen LogP contribution in [0.2, 0.25) is 0 Å². The second-order valence-corrected chi connectivity index (χ2v) is 5.65. The first kappa shape index (κ1) is 16.4. The van der Waals surface area contributed by atoms with Crippen LogP contribution in [0.1, 0.15) is 59.3 Å². The highest BCUT2D eigenvalue weighted by molar-refractivity contribution is 5.81. The van der Waals surface area contributed by atoms with Gasteiger partial charge in [0.15, 0.2) is 0 Å². The van der Waals surface area contributed by atoms with Gasteiger partial charge in [0.2, 0.25) is 5.91 Å². The summed E-state index contributed by atoms with van der Waals surface area (Å²) in [5.74, 6) is 0.0850. The SMILES string of the molecule is CCCC(C)NC(=O)C(C)NCCOC1CCCC1. The van der Waals surface area contributed by atoms with Crippen LogP contribution in [0.3, 0.4) is 0 Å². The number of amides is 1. The fourth-order valence-electron chi connectivity index (χ4n) is 2.52. The maximum atomic E-state index is 11.9. The lowest BCUT2D eigenvalue weighted by Gasteiger charge is -2.18. The number of hydrogen-bond donors (Lipinski definition) is 2. The summed E-state index contributed by atoms with van der Waals surface area (Å²) in [4.78, 5) is 11.9. The van der Waals surface area contributed by atoms with E-state index in [1.54, 1.807) is 0 Å². The average Bonchev–Trinajstić information content (AvgIpc) is 2.87. The van der Waals surface area contributed by atoms with E-state index < -0.39 is 0 Å². The van der Waals surface area contributed by atoms with Crippen LogP contribution in [0.4, 0.5) is 0 Å². The second kappa shape index (κ2) is 9.32. The van der Waals surface area contributed by atoms with E-state index in [0.717, 1.165) is 19.4 Å². The van der Waals surface area contributed by atoms with Gasteiger partial charge in [0.05, 0.1) is 18.8 Å². The molecule has 0 aliphatic heterocycles. The largest absolute Gasteiger partial charge is 0.377 e. The molecule has 0 aromatic heterocycles. The molecule has 1 rings (SSSR count). The van der Waals surface area contributed by atoms with Crippen molar-refractivity contribution in [3.05, 3.63) is 0 Å². The molecule has 2 atom stereocenters. The molecule has 0 aromatic carbocycles. The van der Waals surface area contributed by atoms with Gasteiger partial charge in [0, 0.05) is 12.6 Å². The molecule has 112 valence electrons. The zero-order valence-corrected chi connectivity index (χ0v) is 12.7. The first-order valence-electron chi connectivity index (χ1n) is 7.78. The molecule has 4 nitrogen and oxygen atoms in total. The minimum absolute atomic E-state index is 0.0850. The van der Waals surface area contributed by atoms with Crippen LogP contribution in [0.5, 0.6) is 0 Å². The standard InChI is InChI=1S/C15H30N2O2/c1-4-7-12(2)17-15(18)13(3)16-10-11-19-14-8-5-6-9-14/h12-14,16H,4-11H2,1-3H3,(H,17,18). The molecule has 1 fully saturated rings. The lowest BCUT2D eigenvalue weighted by Crippen LogP contribution is -2.46. The van der Waals surface area contributed by atoms with Crippen molar-refractivity contribution in [2.45, 2.75) is 77.5 Å². The average molecular weight is 270 g/mol. The maximum absolute atomic E-state index is 11.9. The summed E-state index contributed by atoms with van der Waals surface area (Å²) in [6, 6.07) is 0.114. The smallest absolute Gasteiger partial charge is 0.237 e. The summed E-state index contributed by atoms with van der Waals surface area (Å²) in [6.45, 7) is 7.53. The summed E-state index contributed by atoms with van der Waals surface area (Å²) in [5, 5.41) is 6.24. The number of ether oxygens (including phenoxy) is 1. The molecule has 1 saturated carbocycles. The molecule has 4 heteroatoms. The van der Waals surface area contributed by atoms with Crippen molar-refractivity contribution in [3.8, 4) is 0 Å². The van der Waals surface area contributed by atoms with E-state index in [0.29, 0.717) is 12.7 Å². The van der Waals surface area contributed by atoms with Gasteiger partial charge in [-0.05, 0) is 33.1 Å². The molecule has 0 spiro atoms. The third-order valence-electron chi connectivity index (χ3n) is 3.71. The predicted octanol–water partition coefficient (Wildman–Crippen LogP) is 2.23. The molecular formula is C15H30N2O2. The van der Waals surface area contributed by atoms with Gasteiger partial charge in [0.25, 0.3) is 0 Å². The Labute approximate surface area is 117 Å². The van der Waals surface area contributed by atoms with E-state index in [1.807, 2.05) is 6.92 Å². The number of nitrogens with one attached hydrogen (secondary N) is 2. The highest BCUT2D eigenvalue weighted by Gasteiger charge is 2.16. The monoisotopic (exact) mass is 270 g/mol. The Hall–Kier alpha value is -0.610. The summed E-state index contributed by atoms with van der Waals surface area (Å²) in [5.41, 5.74) is 0. The first-order valence-corrected chi connectivity index (χ1v) is 7.78. The highest BCUT2D eigenvalue weighted by atomic mass is 16.5. The van der Waals surface area contributed by atoms with Gasteiger partial charge in [-0.1, -0.05) is 26.2 Å². The number of carbonyl (C=O) groups excluding carboxylic acids is 1. The Morgan fingerprint density at radius 2 is 2.00 bits per heavy atom. The third kappa shape index (κ3) is 6.92. The van der Waals surface area contributed by atoms with Gasteiger partial charge in [-0.2, -0.15) is 0 Å². The summed E-state index contributed by atoms with van der Waals surface area (Å²) < 4.78 is 5.76. The Kier molecular flexibility index (Phi) is 8.07. The van der Waals surface area contributed by atoms with Gasteiger partial charge in [-0.25, -0.2) is 0 Å². The summed E-state index contributed by atoms with van der Waals surface area (Å²) >= 11 is 0. The van der Waals surface area contributed by atoms with Crippen LogP contribution in [0, 0.1) is 0 Å². The van der Waals surface area contributed by atoms with Crippen LogP contribution in [0.25, 0.3) is 0 Å². The fourth-order valence-corrected chi connectivity index (χ4v) is 2.52. The molecule has 0 heterocycles. The molecule has 0 bridgehead atoms. The lowest BCUT2D eigenvalue weighted by molar-refractivity contribution is -0.123. The Balaban J connectivity index is 2.05. The zero-order valence-electron chi connectivity index (χ0n) is 12.7. The van der Waals surface area contributed by atoms with Crippen molar-refractivity contribution < 1.29 is 9.53 Å². The van der Waals surface area contributed by atoms with E-state index in [-0.39, 0.29) is 18.0 Å². The van der Waals surface area contributed by atoms with Crippen LogP contribution in [-0.2, 0) is 9.53 Å². The van der Waals surface area contributed by atoms with Gasteiger partial charge in [-0.15, -0.1) is 0 Å². The van der Waals surface area contributed by atoms with E-state index in [1.165, 1.54) is 25.7 Å². The summed E-state index contributed by atoms with van der Waals surface area (Å²) in [7, 11) is 0. The normalized spacial score (nSPS) is 19.3. The van der Waals surface area contributed by atoms with Crippen molar-refractivity contribution >= 4 is 5.91 Å². The number of hydrogen-bond acceptors (Lipinski definition) is 3. The van der Waals surface area contributed by atoms with Crippen molar-refractivity contribution in [1.82, 2.24) is 10.6 Å². The zero-order chi connectivity index (χ0) is 14.1. The van der Waals surface area contributed by atoms with Gasteiger partial charge < -0.3 is 15.4 Å². The minimum atomic E-state index is -0.147. The van der Waals surface area contributed by atoms with Crippen LogP contribution >= 0.6 is 0 Å². The van der Waals surface area contributed by atoms with E-state index in [9.17, 15) is 4.79 Å². The van der Waals surface area contributed by atoms with E-state index in [2.05, 4.69) is 24.5 Å². The van der Waals surface area contributed by atoms with Crippen LogP contribution in [-0.4, -0.2) is 37.2 Å². The third-order valence-corrected chi connectivity index (χ3v) is 3.71. The molecule has 1 aliphatic rings. The summed E-state index contributed by atoms with van der Waals surface area (Å²) in [6.07, 6.45) is 7.57. The molecule has 1 amide bonds. The quantitative estimate of drug-likeness (QED) is 0.632. The molecule has 0 aromatic rings. The Morgan fingerprint density at radius 3 is 2.63 bits per heavy atom. The maximum Gasteiger partial charge on any atom is 0.237 e. The van der Waals surface area contributed by atoms with E-state index >= 15 is 0 Å². The molecular weight excluding hydrogens is 240 g/mol. The fraction of sp³-hybridized carbons (Fsp3) is 0.933. The Morgan fingerprint density at radius 1 is 1.32 bits per heavy atom. The van der Waals surface area contributed by atoms with Crippen molar-refractivity contribution in [2.24, 2.45) is 0 Å². The van der Waals surface area contributed by atoms with Crippen molar-refractivity contribution in [1.29, 1.82) is 0 Å². The topological polar surface area (TPSA) is 50.4 Å². The molecule has 2 unspecified atom stereocenters. The minimum Gasteiger partial charge on any atom is -0.377 e. The first-order chi connectivity index (χ1) is 9.13. The molecule has 19 heavy (non-hydrogen) atoms. The van der Waals surface area contributed by atoms with Crippen molar-refractivity contribution in [2.75, 3.05) is 13.2 Å². The Bertz CT molecular complexity index is 253. The molecule has 2 N–H and O–H groups in total. The lowest BCUT2D eigenvalue weighted by atomic mass is 10.2. The van der Waals surface area contributed by atoms with Crippen molar-refractivity contribution in [3.63, 3.8) is 0 Å². The second-order valence-electron chi connectivity index (χ2n) is 5.65. The molecule has 1 aliphatic carbocycles. The van der Waals surface area contributed by atoms with Gasteiger partial charge in [0.1, 0.15) is 0 Å². The number of rotatable bonds is 9.